The molecule has 0 unspecified atom stereocenters. The van der Waals surface area contributed by atoms with Crippen LogP contribution in [0.5, 0.6) is 5.88 Å². The van der Waals surface area contributed by atoms with Crippen LogP contribution in [-0.2, 0) is 26.9 Å². The Hall–Kier alpha value is -5.01. The number of pyridine rings is 1. The number of benzene rings is 1. The van der Waals surface area contributed by atoms with Gasteiger partial charge in [-0.3, -0.25) is 9.69 Å². The Balaban J connectivity index is 1.57. The van der Waals surface area contributed by atoms with Gasteiger partial charge in [-0.25, -0.2) is 19.7 Å². The number of morpholine rings is 1. The first-order valence-electron chi connectivity index (χ1n) is 16.2. The van der Waals surface area contributed by atoms with E-state index in [-0.39, 0.29) is 48.7 Å². The van der Waals surface area contributed by atoms with Gasteiger partial charge in [0, 0.05) is 32.0 Å². The number of anilines is 2. The van der Waals surface area contributed by atoms with Gasteiger partial charge in [0.15, 0.2) is 0 Å². The predicted molar refractivity (Wildman–Crippen MR) is 174 cm³/mol. The summed E-state index contributed by atoms with van der Waals surface area (Å²) in [5.41, 5.74) is 6.64. The van der Waals surface area contributed by atoms with Crippen LogP contribution in [-0.4, -0.2) is 77.8 Å². The van der Waals surface area contributed by atoms with Gasteiger partial charge in [-0.05, 0) is 55.5 Å². The van der Waals surface area contributed by atoms with Gasteiger partial charge >= 0.3 is 18.2 Å². The van der Waals surface area contributed by atoms with E-state index in [0.717, 1.165) is 12.1 Å². The summed E-state index contributed by atoms with van der Waals surface area (Å²) in [5, 5.41) is 18.4. The number of nitrogens with two attached hydrogens (primary N) is 1. The number of nitrogens with zero attached hydrogens (tertiary/aromatic N) is 6. The number of unbranched alkanes of at least 4 members (excludes halogenated alkanes) is 1. The van der Waals surface area contributed by atoms with Crippen LogP contribution in [0.4, 0.5) is 29.3 Å². The second kappa shape index (κ2) is 15.3. The minimum absolute atomic E-state index is 0.0106. The first-order chi connectivity index (χ1) is 23.9. The summed E-state index contributed by atoms with van der Waals surface area (Å²) >= 11 is 0. The molecule has 1 saturated heterocycles. The average Bonchev–Trinajstić information content (AvgIpc) is 3.10. The molecule has 2 aliphatic rings. The van der Waals surface area contributed by atoms with Crippen molar-refractivity contribution in [1.29, 1.82) is 5.26 Å². The van der Waals surface area contributed by atoms with Crippen LogP contribution in [0.25, 0.3) is 0 Å². The first kappa shape index (κ1) is 36.3. The number of fused-ring (bicyclic) bond motifs is 1. The first-order valence-corrected chi connectivity index (χ1v) is 16.2. The Bertz CT molecular complexity index is 1760. The van der Waals surface area contributed by atoms with Crippen molar-refractivity contribution in [3.05, 3.63) is 70.4 Å². The number of aromatic nitrogens is 3. The highest BCUT2D eigenvalue weighted by atomic mass is 19.4. The summed E-state index contributed by atoms with van der Waals surface area (Å²) in [6.07, 6.45) is -2.75. The molecule has 16 heteroatoms. The number of nitriles is 1. The molecule has 266 valence electrons. The third-order valence-electron chi connectivity index (χ3n) is 8.81. The maximum absolute atomic E-state index is 13.8. The highest BCUT2D eigenvalue weighted by Crippen LogP contribution is 2.45. The number of halogens is 3. The molecule has 0 bridgehead atoms. The number of carbonyl (C=O) groups is 2. The molecule has 2 aliphatic heterocycles. The maximum Gasteiger partial charge on any atom is 0.416 e. The fraction of sp³-hybridized carbons (Fsp3) is 0.471. The number of amides is 1. The van der Waals surface area contributed by atoms with Gasteiger partial charge in [0.05, 0.1) is 79.0 Å². The van der Waals surface area contributed by atoms with Crippen LogP contribution in [0.15, 0.2) is 36.5 Å². The Morgan fingerprint density at radius 1 is 1.16 bits per heavy atom. The summed E-state index contributed by atoms with van der Waals surface area (Å²) in [4.78, 5) is 42.1. The summed E-state index contributed by atoms with van der Waals surface area (Å²) in [6, 6.07) is 8.29. The Morgan fingerprint density at radius 3 is 2.58 bits per heavy atom. The molecule has 0 spiro atoms. The van der Waals surface area contributed by atoms with Crippen molar-refractivity contribution >= 4 is 23.4 Å². The number of rotatable bonds is 11. The van der Waals surface area contributed by atoms with Crippen LogP contribution < -0.4 is 20.3 Å². The average molecular weight is 698 g/mol. The summed E-state index contributed by atoms with van der Waals surface area (Å²) in [5.74, 6) is -1.06. The molecular weight excluding hydrogens is 659 g/mol. The summed E-state index contributed by atoms with van der Waals surface area (Å²) in [7, 11) is 1.45. The van der Waals surface area contributed by atoms with Crippen LogP contribution in [0.3, 0.4) is 0 Å². The molecule has 4 heterocycles. The van der Waals surface area contributed by atoms with Crippen molar-refractivity contribution in [2.24, 2.45) is 5.73 Å². The quantitative estimate of drug-likeness (QED) is 0.257. The van der Waals surface area contributed by atoms with E-state index in [9.17, 15) is 28.0 Å². The number of carbonyl (C=O) groups excluding carboxylic acids is 1. The van der Waals surface area contributed by atoms with Crippen molar-refractivity contribution in [3.63, 3.8) is 0 Å². The van der Waals surface area contributed by atoms with E-state index >= 15 is 0 Å². The van der Waals surface area contributed by atoms with Crippen molar-refractivity contribution in [2.75, 3.05) is 49.8 Å². The predicted octanol–water partition coefficient (Wildman–Crippen LogP) is 5.00. The minimum atomic E-state index is -4.65. The molecule has 0 radical (unpaired) electrons. The van der Waals surface area contributed by atoms with Crippen molar-refractivity contribution < 1.29 is 42.1 Å². The SMILES string of the molecule is CC[C@]1(N)C[C@H](c2ncc(N3CCOCC3)c(Cc3cc(C#N)cc(C(F)(F)F)c3)n2)c2nc(OC)ccc2N1C(=O)OCCCCC(=O)O. The van der Waals surface area contributed by atoms with Crippen LogP contribution in [0.1, 0.15) is 78.8 Å². The van der Waals surface area contributed by atoms with Gasteiger partial charge in [-0.15, -0.1) is 0 Å². The number of methoxy groups -OCH3 is 1. The van der Waals surface area contributed by atoms with E-state index < -0.39 is 35.4 Å². The van der Waals surface area contributed by atoms with Gasteiger partial charge in [0.2, 0.25) is 5.88 Å². The second-order valence-electron chi connectivity index (χ2n) is 12.1. The van der Waals surface area contributed by atoms with Gasteiger partial charge in [-0.1, -0.05) is 6.92 Å². The van der Waals surface area contributed by atoms with E-state index in [1.54, 1.807) is 18.3 Å². The van der Waals surface area contributed by atoms with E-state index in [1.165, 1.54) is 18.1 Å². The number of carboxylic acid groups (broad SMARTS) is 1. The van der Waals surface area contributed by atoms with Gasteiger partial charge in [-0.2, -0.15) is 18.4 Å². The lowest BCUT2D eigenvalue weighted by Gasteiger charge is -2.46. The smallest absolute Gasteiger partial charge is 0.416 e. The molecule has 1 amide bonds. The monoisotopic (exact) mass is 697 g/mol. The summed E-state index contributed by atoms with van der Waals surface area (Å²) in [6.45, 7) is 3.73. The molecule has 13 nitrogen and oxygen atoms in total. The molecule has 2 aromatic heterocycles. The van der Waals surface area contributed by atoms with Gasteiger partial charge < -0.3 is 30.0 Å². The Morgan fingerprint density at radius 2 is 1.92 bits per heavy atom. The molecule has 3 aromatic rings. The van der Waals surface area contributed by atoms with E-state index in [0.29, 0.717) is 68.3 Å². The molecule has 5 rings (SSSR count). The molecule has 1 fully saturated rings. The molecule has 1 aromatic carbocycles. The fourth-order valence-electron chi connectivity index (χ4n) is 6.20. The number of aliphatic carboxylic acids is 1. The highest BCUT2D eigenvalue weighted by molar-refractivity contribution is 5.91. The maximum atomic E-state index is 13.8. The molecular formula is C34H38F3N7O6. The molecule has 2 atom stereocenters. The topological polar surface area (TPSA) is 177 Å². The second-order valence-corrected chi connectivity index (χ2v) is 12.1. The lowest BCUT2D eigenvalue weighted by Crippen LogP contribution is -2.61. The Labute approximate surface area is 286 Å². The van der Waals surface area contributed by atoms with E-state index in [2.05, 4.69) is 4.98 Å². The Kier molecular flexibility index (Phi) is 11.1. The number of hydrogen-bond donors (Lipinski definition) is 2. The van der Waals surface area contributed by atoms with Crippen molar-refractivity contribution in [2.45, 2.75) is 63.2 Å². The zero-order valence-electron chi connectivity index (χ0n) is 27.7. The lowest BCUT2D eigenvalue weighted by molar-refractivity contribution is -0.138. The van der Waals surface area contributed by atoms with Gasteiger partial charge in [0.25, 0.3) is 0 Å². The number of ether oxygens (including phenoxy) is 3. The third-order valence-corrected chi connectivity index (χ3v) is 8.81. The fourth-order valence-corrected chi connectivity index (χ4v) is 6.20. The minimum Gasteiger partial charge on any atom is -0.481 e. The number of carboxylic acids is 1. The van der Waals surface area contributed by atoms with Crippen molar-refractivity contribution in [1.82, 2.24) is 15.0 Å². The number of hydrogen-bond acceptors (Lipinski definition) is 11. The van der Waals surface area contributed by atoms with E-state index in [4.69, 9.17) is 35.0 Å². The number of alkyl halides is 3. The molecule has 0 aliphatic carbocycles. The zero-order valence-corrected chi connectivity index (χ0v) is 27.7. The van der Waals surface area contributed by atoms with Crippen molar-refractivity contribution in [3.8, 4) is 11.9 Å². The molecule has 0 saturated carbocycles. The zero-order chi connectivity index (χ0) is 36.1. The largest absolute Gasteiger partial charge is 0.481 e. The van der Waals surface area contributed by atoms with Crippen LogP contribution >= 0.6 is 0 Å². The summed E-state index contributed by atoms with van der Waals surface area (Å²) < 4.78 is 57.8. The van der Waals surface area contributed by atoms with E-state index in [1.807, 2.05) is 17.9 Å². The molecule has 3 N–H and O–H groups in total. The lowest BCUT2D eigenvalue weighted by atomic mass is 9.83. The standard InChI is InChI=1S/C34H38F3N7O6/c1-3-33(39)18-24(30-26(7-8-28(42-30)48-2)44(33)32(47)50-11-5-4-6-29(45)46)31-40-20-27(43-9-12-49-13-10-43)25(41-31)17-21-14-22(19-38)16-23(15-21)34(35,36)37/h7-8,14-16,20,24H,3-6,9-13,17-18,39H2,1-2H3,(H,45,46)/t24-,33+/m0/s1. The van der Waals surface area contributed by atoms with Crippen LogP contribution in [0.2, 0.25) is 0 Å². The van der Waals surface area contributed by atoms with Crippen LogP contribution in [0, 0.1) is 11.3 Å². The normalized spacial score (nSPS) is 19.0. The third kappa shape index (κ3) is 8.06. The van der Waals surface area contributed by atoms with Gasteiger partial charge in [0.1, 0.15) is 11.5 Å². The highest BCUT2D eigenvalue weighted by Gasteiger charge is 2.47. The molecule has 50 heavy (non-hydrogen) atoms.